The van der Waals surface area contributed by atoms with Gasteiger partial charge in [-0.05, 0) is 31.4 Å². The summed E-state index contributed by atoms with van der Waals surface area (Å²) in [6.07, 6.45) is 5.43. The molecule has 1 aliphatic heterocycles. The Morgan fingerprint density at radius 1 is 1.62 bits per heavy atom. The minimum Gasteiger partial charge on any atom is -0.386 e. The van der Waals surface area contributed by atoms with Crippen molar-refractivity contribution in [3.05, 3.63) is 34.2 Å². The molecule has 1 unspecified atom stereocenters. The molecule has 1 aliphatic rings. The number of hydrogen-bond acceptors (Lipinski definition) is 4. The van der Waals surface area contributed by atoms with Crippen molar-refractivity contribution >= 4 is 18.9 Å². The van der Waals surface area contributed by atoms with Gasteiger partial charge in [0, 0.05) is 18.8 Å². The molecule has 0 spiro atoms. The molecule has 0 saturated heterocycles. The van der Waals surface area contributed by atoms with Gasteiger partial charge < -0.3 is 16.0 Å². The number of nitrogens with two attached hydrogens (primary N) is 1. The summed E-state index contributed by atoms with van der Waals surface area (Å²) in [7, 11) is 2.07. The second-order valence-corrected chi connectivity index (χ2v) is 5.51. The van der Waals surface area contributed by atoms with Crippen LogP contribution in [0.5, 0.6) is 0 Å². The third-order valence-electron chi connectivity index (χ3n) is 3.23. The predicted octanol–water partition coefficient (Wildman–Crippen LogP) is 2.14. The minimum absolute atomic E-state index is 0.117. The van der Waals surface area contributed by atoms with Crippen molar-refractivity contribution in [2.24, 2.45) is 5.73 Å². The van der Waals surface area contributed by atoms with Crippen molar-refractivity contribution in [3.63, 3.8) is 0 Å². The van der Waals surface area contributed by atoms with Crippen molar-refractivity contribution in [3.8, 4) is 6.07 Å². The van der Waals surface area contributed by atoms with Crippen molar-refractivity contribution in [1.82, 2.24) is 10.2 Å². The van der Waals surface area contributed by atoms with Crippen LogP contribution >= 0.6 is 11.6 Å². The van der Waals surface area contributed by atoms with E-state index < -0.39 is 0 Å². The van der Waals surface area contributed by atoms with Gasteiger partial charge in [-0.25, -0.2) is 0 Å². The lowest BCUT2D eigenvalue weighted by atomic mass is 9.81. The first-order valence-corrected chi connectivity index (χ1v) is 7.65. The second kappa shape index (κ2) is 8.81. The van der Waals surface area contributed by atoms with Crippen LogP contribution in [0.3, 0.4) is 0 Å². The monoisotopic (exact) mass is 305 g/mol. The van der Waals surface area contributed by atoms with Crippen LogP contribution in [-0.4, -0.2) is 37.8 Å². The predicted molar refractivity (Wildman–Crippen MR) is 89.8 cm³/mol. The van der Waals surface area contributed by atoms with Gasteiger partial charge >= 0.3 is 0 Å². The zero-order chi connectivity index (χ0) is 15.8. The molecule has 0 aromatic rings. The van der Waals surface area contributed by atoms with Gasteiger partial charge in [0.15, 0.2) is 0 Å². The van der Waals surface area contributed by atoms with Gasteiger partial charge in [0.1, 0.15) is 7.28 Å². The first-order chi connectivity index (χ1) is 10.0. The minimum atomic E-state index is -0.117. The quantitative estimate of drug-likeness (QED) is 0.738. The summed E-state index contributed by atoms with van der Waals surface area (Å²) in [6, 6.07) is 2.15. The highest BCUT2D eigenvalue weighted by Gasteiger charge is 2.19. The highest BCUT2D eigenvalue weighted by molar-refractivity contribution is 6.34. The number of allylic oxidation sites excluding steroid dienone is 1. The van der Waals surface area contributed by atoms with E-state index in [1.807, 2.05) is 26.0 Å². The summed E-state index contributed by atoms with van der Waals surface area (Å²) in [5.41, 5.74) is 8.31. The topological polar surface area (TPSA) is 65.1 Å². The molecule has 6 heteroatoms. The molecule has 1 heterocycles. The maximum Gasteiger partial charge on any atom is 0.132 e. The molecule has 0 fully saturated rings. The van der Waals surface area contributed by atoms with Crippen LogP contribution in [0.2, 0.25) is 6.82 Å². The third kappa shape index (κ3) is 4.84. The maximum atomic E-state index is 9.44. The fourth-order valence-electron chi connectivity index (χ4n) is 2.24. The molecule has 0 aromatic heterocycles. The Labute approximate surface area is 133 Å². The Hall–Kier alpha value is -1.38. The van der Waals surface area contributed by atoms with Crippen LogP contribution in [-0.2, 0) is 0 Å². The standard InChI is InChI=1S/C15H23BClN4/c1-4-5-21(10-16-3)15-13(7-18)9-20-8-12(11(2)19)6-14(15)17/h6,8,11,20H,4-5,9-10,19H2,1-3H3/b12-8-,14-6?,15-13?. The van der Waals surface area contributed by atoms with E-state index in [4.69, 9.17) is 17.3 Å². The van der Waals surface area contributed by atoms with Crippen molar-refractivity contribution < 1.29 is 0 Å². The molecule has 113 valence electrons. The molecule has 0 saturated carbocycles. The van der Waals surface area contributed by atoms with Crippen LogP contribution in [0, 0.1) is 11.3 Å². The maximum absolute atomic E-state index is 9.44. The molecule has 3 N–H and O–H groups in total. The van der Waals surface area contributed by atoms with Gasteiger partial charge in [0.25, 0.3) is 0 Å². The number of halogens is 1. The molecule has 4 nitrogen and oxygen atoms in total. The van der Waals surface area contributed by atoms with E-state index >= 15 is 0 Å². The molecular weight excluding hydrogens is 282 g/mol. The van der Waals surface area contributed by atoms with Gasteiger partial charge in [0.05, 0.1) is 28.9 Å². The number of nitrogens with zero attached hydrogens (tertiary/aromatic N) is 2. The van der Waals surface area contributed by atoms with Gasteiger partial charge in [-0.1, -0.05) is 25.3 Å². The van der Waals surface area contributed by atoms with Crippen LogP contribution < -0.4 is 11.1 Å². The zero-order valence-corrected chi connectivity index (χ0v) is 13.7. The molecular formula is C15H23BClN4. The number of rotatable bonds is 6. The van der Waals surface area contributed by atoms with Crippen molar-refractivity contribution in [1.29, 1.82) is 5.26 Å². The lowest BCUT2D eigenvalue weighted by Crippen LogP contribution is -2.31. The smallest absolute Gasteiger partial charge is 0.132 e. The van der Waals surface area contributed by atoms with E-state index in [0.717, 1.165) is 30.7 Å². The molecule has 21 heavy (non-hydrogen) atoms. The molecule has 0 bridgehead atoms. The summed E-state index contributed by atoms with van der Waals surface area (Å²) < 4.78 is 0. The fraction of sp³-hybridized carbons (Fsp3) is 0.533. The summed E-state index contributed by atoms with van der Waals surface area (Å²) in [4.78, 5) is 2.14. The van der Waals surface area contributed by atoms with Crippen LogP contribution in [0.4, 0.5) is 0 Å². The lowest BCUT2D eigenvalue weighted by Gasteiger charge is -2.29. The van der Waals surface area contributed by atoms with Gasteiger partial charge in [-0.15, -0.1) is 0 Å². The summed E-state index contributed by atoms with van der Waals surface area (Å²) in [5, 5.41) is 13.2. The van der Waals surface area contributed by atoms with E-state index in [2.05, 4.69) is 30.5 Å². The molecule has 0 aliphatic carbocycles. The lowest BCUT2D eigenvalue weighted by molar-refractivity contribution is 0.402. The van der Waals surface area contributed by atoms with Crippen LogP contribution in [0.15, 0.2) is 34.2 Å². The average molecular weight is 306 g/mol. The normalized spacial score (nSPS) is 19.2. The Morgan fingerprint density at radius 2 is 2.33 bits per heavy atom. The molecule has 0 aromatic carbocycles. The fourth-order valence-corrected chi connectivity index (χ4v) is 2.60. The van der Waals surface area contributed by atoms with E-state index in [9.17, 15) is 5.26 Å². The van der Waals surface area contributed by atoms with Gasteiger partial charge in [-0.3, -0.25) is 0 Å². The first kappa shape index (κ1) is 17.7. The second-order valence-electron chi connectivity index (χ2n) is 5.10. The van der Waals surface area contributed by atoms with E-state index in [1.54, 1.807) is 0 Å². The van der Waals surface area contributed by atoms with Crippen molar-refractivity contribution in [2.45, 2.75) is 33.1 Å². The molecule has 0 amide bonds. The van der Waals surface area contributed by atoms with Crippen LogP contribution in [0.25, 0.3) is 0 Å². The Bertz CT molecular complexity index is 482. The molecule has 1 atom stereocenters. The number of nitrogens with one attached hydrogen (secondary N) is 1. The summed E-state index contributed by atoms with van der Waals surface area (Å²) >= 11 is 6.51. The highest BCUT2D eigenvalue weighted by atomic mass is 35.5. The van der Waals surface area contributed by atoms with E-state index in [0.29, 0.717) is 17.2 Å². The summed E-state index contributed by atoms with van der Waals surface area (Å²) in [5.74, 6) is 0. The summed E-state index contributed by atoms with van der Waals surface area (Å²) in [6.45, 7) is 7.33. The van der Waals surface area contributed by atoms with Crippen LogP contribution in [0.1, 0.15) is 20.3 Å². The van der Waals surface area contributed by atoms with E-state index in [1.165, 1.54) is 0 Å². The third-order valence-corrected chi connectivity index (χ3v) is 3.51. The Morgan fingerprint density at radius 3 is 2.86 bits per heavy atom. The molecule has 1 rings (SSSR count). The largest absolute Gasteiger partial charge is 0.386 e. The zero-order valence-electron chi connectivity index (χ0n) is 13.0. The SMILES string of the molecule is C[B]CN(CCC)C1=C(C#N)CN/C=C(\C(C)N)C=C1Cl. The van der Waals surface area contributed by atoms with Gasteiger partial charge in [0.2, 0.25) is 0 Å². The first-order valence-electron chi connectivity index (χ1n) is 7.27. The van der Waals surface area contributed by atoms with Gasteiger partial charge in [-0.2, -0.15) is 5.26 Å². The van der Waals surface area contributed by atoms with E-state index in [-0.39, 0.29) is 6.04 Å². The number of hydrogen-bond donors (Lipinski definition) is 2. The Balaban J connectivity index is 3.28. The molecule has 1 radical (unpaired) electrons. The van der Waals surface area contributed by atoms with Crippen molar-refractivity contribution in [2.75, 3.05) is 19.5 Å². The Kier molecular flexibility index (Phi) is 7.42. The number of nitriles is 1. The average Bonchev–Trinajstić information content (AvgIpc) is 2.42. The highest BCUT2D eigenvalue weighted by Crippen LogP contribution is 2.26.